The molecule has 0 fully saturated rings. The Morgan fingerprint density at radius 2 is 1.81 bits per heavy atom. The van der Waals surface area contributed by atoms with Gasteiger partial charge in [-0.1, -0.05) is 35.9 Å². The van der Waals surface area contributed by atoms with Crippen LogP contribution in [0, 0.1) is 6.92 Å². The van der Waals surface area contributed by atoms with E-state index in [4.69, 9.17) is 0 Å². The number of benzene rings is 2. The summed E-state index contributed by atoms with van der Waals surface area (Å²) in [5, 5.41) is 13.1. The first-order valence-electron chi connectivity index (χ1n) is 6.60. The molecule has 0 saturated heterocycles. The molecular weight excluding hydrogens is 264 g/mol. The topological polar surface area (TPSA) is 62.2 Å². The summed E-state index contributed by atoms with van der Waals surface area (Å²) in [6, 6.07) is 16.6. The highest BCUT2D eigenvalue weighted by Crippen LogP contribution is 2.23. The molecule has 0 bridgehead atoms. The molecule has 0 saturated carbocycles. The second kappa shape index (κ2) is 5.25. The summed E-state index contributed by atoms with van der Waals surface area (Å²) in [5.74, 6) is -0.435. The van der Waals surface area contributed by atoms with Gasteiger partial charge in [-0.2, -0.15) is 0 Å². The fraction of sp³-hybridized carbons (Fsp3) is 0.0588. The van der Waals surface area contributed by atoms with Crippen LogP contribution in [0.4, 0.5) is 11.5 Å². The van der Waals surface area contributed by atoms with Crippen LogP contribution in [-0.2, 0) is 0 Å². The second-order valence-electron chi connectivity index (χ2n) is 4.87. The number of rotatable bonds is 3. The fourth-order valence-corrected chi connectivity index (χ4v) is 2.20. The van der Waals surface area contributed by atoms with Gasteiger partial charge in [0, 0.05) is 11.1 Å². The van der Waals surface area contributed by atoms with Crippen LogP contribution < -0.4 is 5.32 Å². The normalized spacial score (nSPS) is 10.5. The van der Waals surface area contributed by atoms with E-state index in [1.807, 2.05) is 49.4 Å². The lowest BCUT2D eigenvalue weighted by Gasteiger charge is -2.09. The van der Waals surface area contributed by atoms with Crippen molar-refractivity contribution in [2.75, 3.05) is 5.32 Å². The summed E-state index contributed by atoms with van der Waals surface area (Å²) in [7, 11) is 0. The number of para-hydroxylation sites is 1. The number of fused-ring (bicyclic) bond motifs is 1. The molecule has 0 atom stereocenters. The fourth-order valence-electron chi connectivity index (χ4n) is 2.20. The van der Waals surface area contributed by atoms with E-state index >= 15 is 0 Å². The molecule has 2 aromatic carbocycles. The molecule has 0 amide bonds. The molecule has 0 radical (unpaired) electrons. The van der Waals surface area contributed by atoms with E-state index in [0.717, 1.165) is 5.69 Å². The van der Waals surface area contributed by atoms with Crippen LogP contribution in [-0.4, -0.2) is 16.1 Å². The summed E-state index contributed by atoms with van der Waals surface area (Å²) in [6.07, 6.45) is 0. The minimum atomic E-state index is -0.958. The van der Waals surface area contributed by atoms with Crippen LogP contribution in [0.1, 0.15) is 15.9 Å². The van der Waals surface area contributed by atoms with Crippen molar-refractivity contribution in [3.8, 4) is 0 Å². The molecule has 0 aliphatic rings. The van der Waals surface area contributed by atoms with Crippen molar-refractivity contribution in [3.05, 3.63) is 65.7 Å². The number of carboxylic acid groups (broad SMARTS) is 1. The second-order valence-corrected chi connectivity index (χ2v) is 4.87. The number of aromatic nitrogens is 1. The number of hydrogen-bond acceptors (Lipinski definition) is 3. The van der Waals surface area contributed by atoms with Gasteiger partial charge in [-0.15, -0.1) is 0 Å². The van der Waals surface area contributed by atoms with Gasteiger partial charge < -0.3 is 10.4 Å². The Kier molecular flexibility index (Phi) is 3.28. The number of aryl methyl sites for hydroxylation is 1. The first kappa shape index (κ1) is 13.1. The van der Waals surface area contributed by atoms with E-state index in [-0.39, 0.29) is 5.56 Å². The third kappa shape index (κ3) is 2.69. The zero-order chi connectivity index (χ0) is 14.8. The Balaban J connectivity index is 2.06. The van der Waals surface area contributed by atoms with Gasteiger partial charge in [0.05, 0.1) is 11.1 Å². The molecule has 0 aliphatic heterocycles. The monoisotopic (exact) mass is 278 g/mol. The molecule has 0 spiro atoms. The van der Waals surface area contributed by atoms with Crippen molar-refractivity contribution in [2.24, 2.45) is 0 Å². The molecule has 0 unspecified atom stereocenters. The number of aromatic carboxylic acids is 1. The van der Waals surface area contributed by atoms with Crippen LogP contribution in [0.15, 0.2) is 54.6 Å². The number of nitrogens with zero attached hydrogens (tertiary/aromatic N) is 1. The Morgan fingerprint density at radius 1 is 1.10 bits per heavy atom. The molecular formula is C17H14N2O2. The number of hydrogen-bond donors (Lipinski definition) is 2. The Bertz CT molecular complexity index is 811. The van der Waals surface area contributed by atoms with Gasteiger partial charge in [0.15, 0.2) is 0 Å². The maximum atomic E-state index is 11.4. The minimum Gasteiger partial charge on any atom is -0.478 e. The number of pyridine rings is 1. The van der Waals surface area contributed by atoms with Gasteiger partial charge in [-0.25, -0.2) is 9.78 Å². The Hall–Kier alpha value is -2.88. The van der Waals surface area contributed by atoms with Gasteiger partial charge in [0.2, 0.25) is 0 Å². The van der Waals surface area contributed by atoms with E-state index in [9.17, 15) is 9.90 Å². The largest absolute Gasteiger partial charge is 0.478 e. The highest BCUT2D eigenvalue weighted by molar-refractivity contribution is 6.03. The number of nitrogens with one attached hydrogen (secondary N) is 1. The van der Waals surface area contributed by atoms with E-state index < -0.39 is 5.97 Å². The summed E-state index contributed by atoms with van der Waals surface area (Å²) >= 11 is 0. The van der Waals surface area contributed by atoms with E-state index in [2.05, 4.69) is 10.3 Å². The van der Waals surface area contributed by atoms with Crippen LogP contribution in [0.3, 0.4) is 0 Å². The molecule has 2 N–H and O–H groups in total. The van der Waals surface area contributed by atoms with Gasteiger partial charge in [-0.3, -0.25) is 0 Å². The minimum absolute atomic E-state index is 0.246. The highest BCUT2D eigenvalue weighted by Gasteiger charge is 2.11. The summed E-state index contributed by atoms with van der Waals surface area (Å²) in [6.45, 7) is 2.01. The third-order valence-corrected chi connectivity index (χ3v) is 3.27. The number of carboxylic acids is 1. The van der Waals surface area contributed by atoms with E-state index in [1.54, 1.807) is 12.1 Å². The van der Waals surface area contributed by atoms with Crippen LogP contribution in [0.25, 0.3) is 10.9 Å². The maximum absolute atomic E-state index is 11.4. The Morgan fingerprint density at radius 3 is 2.52 bits per heavy atom. The first-order chi connectivity index (χ1) is 10.1. The van der Waals surface area contributed by atoms with E-state index in [0.29, 0.717) is 16.7 Å². The van der Waals surface area contributed by atoms with Crippen LogP contribution in [0.2, 0.25) is 0 Å². The molecule has 0 aliphatic carbocycles. The van der Waals surface area contributed by atoms with Gasteiger partial charge >= 0.3 is 5.97 Å². The molecule has 21 heavy (non-hydrogen) atoms. The van der Waals surface area contributed by atoms with Gasteiger partial charge in [0.1, 0.15) is 5.82 Å². The predicted molar refractivity (Wildman–Crippen MR) is 83.2 cm³/mol. The summed E-state index contributed by atoms with van der Waals surface area (Å²) < 4.78 is 0. The third-order valence-electron chi connectivity index (χ3n) is 3.27. The molecule has 4 nitrogen and oxygen atoms in total. The highest BCUT2D eigenvalue weighted by atomic mass is 16.4. The predicted octanol–water partition coefficient (Wildman–Crippen LogP) is 3.99. The van der Waals surface area contributed by atoms with E-state index in [1.165, 1.54) is 5.56 Å². The SMILES string of the molecule is Cc1ccc(Nc2cc(C(=O)O)c3ccccc3n2)cc1. The first-order valence-corrected chi connectivity index (χ1v) is 6.60. The molecule has 104 valence electrons. The molecule has 4 heteroatoms. The lowest BCUT2D eigenvalue weighted by Crippen LogP contribution is -2.02. The van der Waals surface area contributed by atoms with Crippen molar-refractivity contribution < 1.29 is 9.90 Å². The van der Waals surface area contributed by atoms with Crippen molar-refractivity contribution >= 4 is 28.4 Å². The standard InChI is InChI=1S/C17H14N2O2/c1-11-6-8-12(9-7-11)18-16-10-14(17(20)21)13-4-2-3-5-15(13)19-16/h2-10H,1H3,(H,18,19)(H,20,21). The summed E-state index contributed by atoms with van der Waals surface area (Å²) in [4.78, 5) is 15.9. The van der Waals surface area contributed by atoms with Crippen LogP contribution >= 0.6 is 0 Å². The lowest BCUT2D eigenvalue weighted by molar-refractivity contribution is 0.0699. The van der Waals surface area contributed by atoms with Crippen molar-refractivity contribution in [1.29, 1.82) is 0 Å². The van der Waals surface area contributed by atoms with Crippen molar-refractivity contribution in [1.82, 2.24) is 4.98 Å². The smallest absolute Gasteiger partial charge is 0.336 e. The Labute approximate surface area is 122 Å². The van der Waals surface area contributed by atoms with Crippen molar-refractivity contribution in [2.45, 2.75) is 6.92 Å². The van der Waals surface area contributed by atoms with Gasteiger partial charge in [-0.05, 0) is 31.2 Å². The zero-order valence-corrected chi connectivity index (χ0v) is 11.5. The average molecular weight is 278 g/mol. The van der Waals surface area contributed by atoms with Gasteiger partial charge in [0.25, 0.3) is 0 Å². The number of anilines is 2. The van der Waals surface area contributed by atoms with Crippen molar-refractivity contribution in [3.63, 3.8) is 0 Å². The maximum Gasteiger partial charge on any atom is 0.336 e. The molecule has 3 aromatic rings. The molecule has 3 rings (SSSR count). The molecule has 1 heterocycles. The lowest BCUT2D eigenvalue weighted by atomic mass is 10.1. The molecule has 1 aromatic heterocycles. The zero-order valence-electron chi connectivity index (χ0n) is 11.5. The quantitative estimate of drug-likeness (QED) is 0.760. The van der Waals surface area contributed by atoms with Crippen LogP contribution in [0.5, 0.6) is 0 Å². The average Bonchev–Trinajstić information content (AvgIpc) is 2.48. The number of carbonyl (C=O) groups is 1. The summed E-state index contributed by atoms with van der Waals surface area (Å²) in [5.41, 5.74) is 2.94.